The number of rotatable bonds is 9. The van der Waals surface area contributed by atoms with Crippen LogP contribution in [0.1, 0.15) is 18.9 Å². The van der Waals surface area contributed by atoms with Crippen LogP contribution in [0.15, 0.2) is 46.3 Å². The third-order valence-electron chi connectivity index (χ3n) is 4.46. The largest absolute Gasteiger partial charge is 0.382 e. The van der Waals surface area contributed by atoms with Gasteiger partial charge in [0.2, 0.25) is 5.91 Å². The van der Waals surface area contributed by atoms with Gasteiger partial charge in [-0.25, -0.2) is 4.98 Å². The Morgan fingerprint density at radius 1 is 1.28 bits per heavy atom. The molecule has 0 aliphatic carbocycles. The number of carbonyl (C=O) groups excluding carboxylic acids is 1. The zero-order chi connectivity index (χ0) is 23.1. The topological polar surface area (TPSA) is 97.0 Å². The number of hydrogen-bond donors (Lipinski definition) is 1. The van der Waals surface area contributed by atoms with E-state index >= 15 is 0 Å². The molecule has 0 fully saturated rings. The van der Waals surface area contributed by atoms with Crippen molar-refractivity contribution >= 4 is 57.5 Å². The molecule has 3 aromatic rings. The second kappa shape index (κ2) is 11.3. The highest BCUT2D eigenvalue weighted by molar-refractivity contribution is 7.99. The summed E-state index contributed by atoms with van der Waals surface area (Å²) in [7, 11) is 0. The Bertz CT molecular complexity index is 1240. The van der Waals surface area contributed by atoms with Gasteiger partial charge in [0, 0.05) is 30.5 Å². The first-order valence-electron chi connectivity index (χ1n) is 9.83. The minimum Gasteiger partial charge on any atom is -0.382 e. The van der Waals surface area contributed by atoms with Gasteiger partial charge in [-0.05, 0) is 49.7 Å². The van der Waals surface area contributed by atoms with Gasteiger partial charge in [0.05, 0.1) is 27.2 Å². The zero-order valence-electron chi connectivity index (χ0n) is 17.2. The molecule has 0 spiro atoms. The number of anilines is 1. The monoisotopic (exact) mass is 490 g/mol. The lowest BCUT2D eigenvalue weighted by Crippen LogP contribution is -2.25. The van der Waals surface area contributed by atoms with Crippen LogP contribution in [0.5, 0.6) is 0 Å². The maximum Gasteiger partial charge on any atom is 0.262 e. The fraction of sp³-hybridized carbons (Fsp3) is 0.273. The van der Waals surface area contributed by atoms with E-state index in [1.807, 2.05) is 13.0 Å². The van der Waals surface area contributed by atoms with Gasteiger partial charge in [-0.15, -0.1) is 0 Å². The molecule has 1 aromatic heterocycles. The summed E-state index contributed by atoms with van der Waals surface area (Å²) in [5.74, 6) is -0.265. The van der Waals surface area contributed by atoms with Crippen LogP contribution in [0.3, 0.4) is 0 Å². The normalized spacial score (nSPS) is 10.8. The van der Waals surface area contributed by atoms with Gasteiger partial charge in [-0.1, -0.05) is 35.0 Å². The molecular weight excluding hydrogens is 471 g/mol. The number of nitrogens with one attached hydrogen (secondary N) is 1. The molecule has 1 N–H and O–H groups in total. The van der Waals surface area contributed by atoms with Crippen molar-refractivity contribution in [1.82, 2.24) is 9.55 Å². The lowest BCUT2D eigenvalue weighted by atomic mass is 10.2. The first-order chi connectivity index (χ1) is 15.4. The number of benzene rings is 2. The highest BCUT2D eigenvalue weighted by Gasteiger charge is 2.14. The molecule has 1 heterocycles. The Morgan fingerprint density at radius 3 is 2.81 bits per heavy atom. The second-order valence-corrected chi connectivity index (χ2v) is 8.49. The van der Waals surface area contributed by atoms with Gasteiger partial charge >= 0.3 is 0 Å². The highest BCUT2D eigenvalue weighted by atomic mass is 35.5. The summed E-state index contributed by atoms with van der Waals surface area (Å²) in [5, 5.41) is 13.3. The molecule has 3 rings (SSSR count). The lowest BCUT2D eigenvalue weighted by molar-refractivity contribution is -0.113. The van der Waals surface area contributed by atoms with E-state index in [4.69, 9.17) is 33.2 Å². The van der Waals surface area contributed by atoms with Gasteiger partial charge in [0.1, 0.15) is 6.07 Å². The number of carbonyl (C=O) groups is 1. The Hall–Kier alpha value is -2.57. The van der Waals surface area contributed by atoms with Crippen molar-refractivity contribution in [2.24, 2.45) is 0 Å². The van der Waals surface area contributed by atoms with Gasteiger partial charge in [0.15, 0.2) is 5.16 Å². The Morgan fingerprint density at radius 2 is 2.09 bits per heavy atom. The summed E-state index contributed by atoms with van der Waals surface area (Å²) in [6.45, 7) is 3.45. The van der Waals surface area contributed by atoms with Crippen LogP contribution in [0.2, 0.25) is 10.0 Å². The Labute approximate surface area is 199 Å². The van der Waals surface area contributed by atoms with Crippen molar-refractivity contribution in [2.45, 2.75) is 25.0 Å². The predicted octanol–water partition coefficient (Wildman–Crippen LogP) is 4.73. The van der Waals surface area contributed by atoms with Crippen molar-refractivity contribution < 1.29 is 9.53 Å². The number of ether oxygens (including phenoxy) is 1. The van der Waals surface area contributed by atoms with Crippen LogP contribution in [0.4, 0.5) is 5.69 Å². The van der Waals surface area contributed by atoms with Crippen molar-refractivity contribution in [3.8, 4) is 6.07 Å². The molecular formula is C22H20Cl2N4O3S. The van der Waals surface area contributed by atoms with E-state index in [0.29, 0.717) is 58.5 Å². The molecule has 166 valence electrons. The third kappa shape index (κ3) is 6.02. The van der Waals surface area contributed by atoms with E-state index in [2.05, 4.69) is 10.3 Å². The molecule has 0 aliphatic heterocycles. The van der Waals surface area contributed by atoms with Crippen LogP contribution in [0, 0.1) is 11.3 Å². The van der Waals surface area contributed by atoms with Crippen LogP contribution >= 0.6 is 35.0 Å². The summed E-state index contributed by atoms with van der Waals surface area (Å²) in [5.41, 5.74) is 1.09. The highest BCUT2D eigenvalue weighted by Crippen LogP contribution is 2.23. The van der Waals surface area contributed by atoms with Crippen LogP contribution in [0.25, 0.3) is 10.9 Å². The minimum atomic E-state index is -0.294. The average molecular weight is 491 g/mol. The van der Waals surface area contributed by atoms with Gasteiger partial charge in [-0.2, -0.15) is 5.26 Å². The molecule has 0 aliphatic rings. The smallest absolute Gasteiger partial charge is 0.262 e. The van der Waals surface area contributed by atoms with Crippen molar-refractivity contribution in [2.75, 3.05) is 24.3 Å². The number of aromatic nitrogens is 2. The Kier molecular flexibility index (Phi) is 8.53. The molecule has 0 saturated carbocycles. The fourth-order valence-corrected chi connectivity index (χ4v) is 4.18. The van der Waals surface area contributed by atoms with Crippen molar-refractivity contribution in [1.29, 1.82) is 5.26 Å². The van der Waals surface area contributed by atoms with E-state index in [-0.39, 0.29) is 22.2 Å². The molecule has 0 atom stereocenters. The summed E-state index contributed by atoms with van der Waals surface area (Å²) in [6.07, 6.45) is 0.637. The van der Waals surface area contributed by atoms with Crippen molar-refractivity contribution in [3.05, 3.63) is 62.4 Å². The van der Waals surface area contributed by atoms with Gasteiger partial charge < -0.3 is 10.1 Å². The lowest BCUT2D eigenvalue weighted by Gasteiger charge is -2.13. The number of halogens is 2. The molecule has 10 heteroatoms. The van der Waals surface area contributed by atoms with Gasteiger partial charge in [-0.3, -0.25) is 14.2 Å². The predicted molar refractivity (Wildman–Crippen MR) is 128 cm³/mol. The third-order valence-corrected chi connectivity index (χ3v) is 5.99. The van der Waals surface area contributed by atoms with E-state index in [0.717, 1.165) is 11.8 Å². The molecule has 0 unspecified atom stereocenters. The molecule has 2 aromatic carbocycles. The van der Waals surface area contributed by atoms with Crippen LogP contribution in [-0.4, -0.2) is 34.4 Å². The summed E-state index contributed by atoms with van der Waals surface area (Å²) in [4.78, 5) is 30.1. The van der Waals surface area contributed by atoms with Crippen LogP contribution < -0.4 is 10.9 Å². The minimum absolute atomic E-state index is 0.0294. The standard InChI is InChI=1S/C22H20Cl2N4O3S/c1-2-31-9-3-8-28-21(30)17-7-5-15(23)10-19(17)27-22(28)32-13-20(29)26-16-6-4-14(12-25)18(24)11-16/h4-7,10-11H,2-3,8-9,13H2,1H3,(H,26,29). The number of fused-ring (bicyclic) bond motifs is 1. The van der Waals surface area contributed by atoms with Crippen molar-refractivity contribution in [3.63, 3.8) is 0 Å². The molecule has 1 amide bonds. The quantitative estimate of drug-likeness (QED) is 0.264. The van der Waals surface area contributed by atoms with E-state index in [9.17, 15) is 9.59 Å². The molecule has 32 heavy (non-hydrogen) atoms. The van der Waals surface area contributed by atoms with E-state index in [1.54, 1.807) is 28.8 Å². The molecule has 0 radical (unpaired) electrons. The first kappa shape index (κ1) is 24.1. The zero-order valence-corrected chi connectivity index (χ0v) is 19.6. The fourth-order valence-electron chi connectivity index (χ4n) is 2.96. The van der Waals surface area contributed by atoms with Gasteiger partial charge in [0.25, 0.3) is 5.56 Å². The maximum absolute atomic E-state index is 13.0. The maximum atomic E-state index is 13.0. The average Bonchev–Trinajstić information content (AvgIpc) is 2.76. The van der Waals surface area contributed by atoms with E-state index < -0.39 is 0 Å². The SMILES string of the molecule is CCOCCCn1c(SCC(=O)Nc2ccc(C#N)c(Cl)c2)nc2cc(Cl)ccc2c1=O. The number of amides is 1. The van der Waals surface area contributed by atoms with E-state index in [1.165, 1.54) is 12.1 Å². The number of nitriles is 1. The molecule has 0 bridgehead atoms. The molecule has 0 saturated heterocycles. The summed E-state index contributed by atoms with van der Waals surface area (Å²) < 4.78 is 6.94. The second-order valence-electron chi connectivity index (χ2n) is 6.71. The number of hydrogen-bond acceptors (Lipinski definition) is 6. The Balaban J connectivity index is 1.79. The summed E-state index contributed by atoms with van der Waals surface area (Å²) >= 11 is 13.2. The number of thioether (sulfide) groups is 1. The number of nitrogens with zero attached hydrogens (tertiary/aromatic N) is 3. The summed E-state index contributed by atoms with van der Waals surface area (Å²) in [6, 6.07) is 11.6. The first-order valence-corrected chi connectivity index (χ1v) is 11.6. The molecule has 7 nitrogen and oxygen atoms in total. The van der Waals surface area contributed by atoms with Crippen LogP contribution in [-0.2, 0) is 16.1 Å².